The van der Waals surface area contributed by atoms with Crippen molar-refractivity contribution in [3.8, 4) is 0 Å². The average Bonchev–Trinajstić information content (AvgIpc) is 2.62. The number of guanidine groups is 1. The van der Waals surface area contributed by atoms with Gasteiger partial charge in [-0.2, -0.15) is 13.2 Å². The molecule has 152 valence electrons. The molecule has 9 heteroatoms. The lowest BCUT2D eigenvalue weighted by Crippen LogP contribution is -2.45. The molecule has 1 fully saturated rings. The maximum absolute atomic E-state index is 12.7. The van der Waals surface area contributed by atoms with E-state index in [4.69, 9.17) is 0 Å². The first-order chi connectivity index (χ1) is 12.4. The second-order valence-electron chi connectivity index (χ2n) is 6.38. The predicted molar refractivity (Wildman–Crippen MR) is 110 cm³/mol. The van der Waals surface area contributed by atoms with E-state index in [0.717, 1.165) is 37.8 Å². The number of halogens is 4. The number of nitrogens with one attached hydrogen (secondary N) is 3. The summed E-state index contributed by atoms with van der Waals surface area (Å²) >= 11 is 0. The van der Waals surface area contributed by atoms with Crippen LogP contribution in [0.15, 0.2) is 29.3 Å². The van der Waals surface area contributed by atoms with Crippen molar-refractivity contribution >= 4 is 35.8 Å². The summed E-state index contributed by atoms with van der Waals surface area (Å²) in [6, 6.07) is 5.33. The number of hydrogen-bond acceptors (Lipinski definition) is 2. The molecule has 1 aromatic carbocycles. The van der Waals surface area contributed by atoms with Crippen LogP contribution in [0.1, 0.15) is 43.2 Å². The van der Waals surface area contributed by atoms with Gasteiger partial charge in [0, 0.05) is 19.6 Å². The third-order valence-electron chi connectivity index (χ3n) is 4.32. The largest absolute Gasteiger partial charge is 0.416 e. The smallest absolute Gasteiger partial charge is 0.352 e. The highest BCUT2D eigenvalue weighted by atomic mass is 127. The van der Waals surface area contributed by atoms with Crippen molar-refractivity contribution in [2.24, 2.45) is 4.99 Å². The monoisotopic (exact) mass is 498 g/mol. The highest BCUT2D eigenvalue weighted by Gasteiger charge is 2.30. The number of hydrogen-bond donors (Lipinski definition) is 3. The summed E-state index contributed by atoms with van der Waals surface area (Å²) < 4.78 is 38.2. The second-order valence-corrected chi connectivity index (χ2v) is 6.38. The molecular formula is C18H26F3IN4O. The van der Waals surface area contributed by atoms with Crippen LogP contribution in [-0.2, 0) is 17.5 Å². The third kappa shape index (κ3) is 8.35. The first-order valence-corrected chi connectivity index (χ1v) is 8.78. The minimum Gasteiger partial charge on any atom is -0.352 e. The van der Waals surface area contributed by atoms with Crippen LogP contribution in [0.25, 0.3) is 0 Å². The fraction of sp³-hybridized carbons (Fsp3) is 0.556. The summed E-state index contributed by atoms with van der Waals surface area (Å²) in [5.41, 5.74) is -0.207. The van der Waals surface area contributed by atoms with Gasteiger partial charge in [0.2, 0.25) is 5.91 Å². The van der Waals surface area contributed by atoms with Crippen molar-refractivity contribution in [3.63, 3.8) is 0 Å². The first-order valence-electron chi connectivity index (χ1n) is 8.78. The first kappa shape index (κ1) is 23.5. The molecule has 0 atom stereocenters. The summed E-state index contributed by atoms with van der Waals surface area (Å²) in [4.78, 5) is 16.0. The zero-order chi connectivity index (χ0) is 19.0. The summed E-state index contributed by atoms with van der Waals surface area (Å²) in [5, 5.41) is 8.78. The molecule has 5 nitrogen and oxygen atoms in total. The summed E-state index contributed by atoms with van der Waals surface area (Å²) in [6.07, 6.45) is 1.14. The van der Waals surface area contributed by atoms with Gasteiger partial charge in [0.05, 0.1) is 12.1 Å². The van der Waals surface area contributed by atoms with E-state index < -0.39 is 11.7 Å². The average molecular weight is 498 g/mol. The molecule has 1 aliphatic carbocycles. The summed E-state index contributed by atoms with van der Waals surface area (Å²) in [7, 11) is 1.54. The van der Waals surface area contributed by atoms with Crippen molar-refractivity contribution in [3.05, 3.63) is 35.4 Å². The maximum atomic E-state index is 12.7. The van der Waals surface area contributed by atoms with Crippen LogP contribution in [0, 0.1) is 0 Å². The molecule has 0 heterocycles. The van der Waals surface area contributed by atoms with E-state index in [1.807, 2.05) is 0 Å². The lowest BCUT2D eigenvalue weighted by atomic mass is 9.95. The third-order valence-corrected chi connectivity index (χ3v) is 4.32. The molecular weight excluding hydrogens is 472 g/mol. The van der Waals surface area contributed by atoms with E-state index in [9.17, 15) is 18.0 Å². The Morgan fingerprint density at radius 2 is 1.89 bits per heavy atom. The normalized spacial score (nSPS) is 15.6. The molecule has 0 aliphatic heterocycles. The SMILES string of the molecule is CN=C(NCC(=O)NC1CCCCC1)NCc1cccc(C(F)(F)F)c1.I. The molecule has 0 aromatic heterocycles. The van der Waals surface area contributed by atoms with Crippen molar-refractivity contribution in [2.45, 2.75) is 50.9 Å². The molecule has 1 aliphatic rings. The Morgan fingerprint density at radius 3 is 2.52 bits per heavy atom. The highest BCUT2D eigenvalue weighted by Crippen LogP contribution is 2.29. The van der Waals surface area contributed by atoms with E-state index in [-0.39, 0.29) is 49.0 Å². The minimum atomic E-state index is -4.37. The Bertz CT molecular complexity index is 631. The molecule has 1 aromatic rings. The van der Waals surface area contributed by atoms with E-state index >= 15 is 0 Å². The van der Waals surface area contributed by atoms with Gasteiger partial charge in [-0.15, -0.1) is 24.0 Å². The quantitative estimate of drug-likeness (QED) is 0.331. The van der Waals surface area contributed by atoms with E-state index in [0.29, 0.717) is 11.5 Å². The van der Waals surface area contributed by atoms with Crippen LogP contribution in [0.5, 0.6) is 0 Å². The van der Waals surface area contributed by atoms with Crippen molar-refractivity contribution in [1.82, 2.24) is 16.0 Å². The zero-order valence-corrected chi connectivity index (χ0v) is 17.6. The standard InChI is InChI=1S/C18H25F3N4O.HI/c1-22-17(24-12-16(26)25-15-8-3-2-4-9-15)23-11-13-6-5-7-14(10-13)18(19,20)21;/h5-7,10,15H,2-4,8-9,11-12H2,1H3,(H,25,26)(H2,22,23,24);1H. The fourth-order valence-electron chi connectivity index (χ4n) is 2.95. The van der Waals surface area contributed by atoms with Crippen LogP contribution < -0.4 is 16.0 Å². The molecule has 0 unspecified atom stereocenters. The van der Waals surface area contributed by atoms with Crippen LogP contribution in [-0.4, -0.2) is 31.5 Å². The molecule has 0 saturated heterocycles. The number of aliphatic imine (C=N–C) groups is 1. The predicted octanol–water partition coefficient (Wildman–Crippen LogP) is 3.44. The number of rotatable bonds is 5. The van der Waals surface area contributed by atoms with Crippen molar-refractivity contribution in [2.75, 3.05) is 13.6 Å². The van der Waals surface area contributed by atoms with E-state index in [1.165, 1.54) is 12.5 Å². The molecule has 0 spiro atoms. The highest BCUT2D eigenvalue weighted by molar-refractivity contribution is 14.0. The van der Waals surface area contributed by atoms with E-state index in [2.05, 4.69) is 20.9 Å². The zero-order valence-electron chi connectivity index (χ0n) is 15.2. The Labute approximate surface area is 174 Å². The molecule has 1 saturated carbocycles. The Balaban J connectivity index is 0.00000364. The maximum Gasteiger partial charge on any atom is 0.416 e. The lowest BCUT2D eigenvalue weighted by Gasteiger charge is -2.23. The number of carbonyl (C=O) groups is 1. The van der Waals surface area contributed by atoms with Gasteiger partial charge < -0.3 is 16.0 Å². The van der Waals surface area contributed by atoms with Crippen molar-refractivity contribution in [1.29, 1.82) is 0 Å². The van der Waals surface area contributed by atoms with Gasteiger partial charge in [-0.3, -0.25) is 9.79 Å². The van der Waals surface area contributed by atoms with E-state index in [1.54, 1.807) is 13.1 Å². The summed E-state index contributed by atoms with van der Waals surface area (Å²) in [6.45, 7) is 0.243. The molecule has 1 amide bonds. The minimum absolute atomic E-state index is 0. The number of nitrogens with zero attached hydrogens (tertiary/aromatic N) is 1. The Morgan fingerprint density at radius 1 is 1.19 bits per heavy atom. The van der Waals surface area contributed by atoms with Crippen LogP contribution in [0.2, 0.25) is 0 Å². The van der Waals surface area contributed by atoms with Gasteiger partial charge in [0.25, 0.3) is 0 Å². The van der Waals surface area contributed by atoms with Crippen LogP contribution >= 0.6 is 24.0 Å². The summed E-state index contributed by atoms with van der Waals surface area (Å²) in [5.74, 6) is 0.250. The number of benzene rings is 1. The van der Waals surface area contributed by atoms with Crippen molar-refractivity contribution < 1.29 is 18.0 Å². The number of carbonyl (C=O) groups excluding carboxylic acids is 1. The molecule has 2 rings (SSSR count). The van der Waals surface area contributed by atoms with Gasteiger partial charge in [-0.1, -0.05) is 31.4 Å². The fourth-order valence-corrected chi connectivity index (χ4v) is 2.95. The van der Waals surface area contributed by atoms with Gasteiger partial charge >= 0.3 is 6.18 Å². The Hall–Kier alpha value is -1.52. The van der Waals surface area contributed by atoms with Crippen LogP contribution in [0.4, 0.5) is 13.2 Å². The Kier molecular flexibility index (Phi) is 9.89. The van der Waals surface area contributed by atoms with Gasteiger partial charge in [-0.05, 0) is 30.5 Å². The lowest BCUT2D eigenvalue weighted by molar-refractivity contribution is -0.137. The van der Waals surface area contributed by atoms with Crippen LogP contribution in [0.3, 0.4) is 0 Å². The van der Waals surface area contributed by atoms with Gasteiger partial charge in [-0.25, -0.2) is 0 Å². The molecule has 0 bridgehead atoms. The topological polar surface area (TPSA) is 65.5 Å². The molecule has 3 N–H and O–H groups in total. The van der Waals surface area contributed by atoms with Gasteiger partial charge in [0.1, 0.15) is 0 Å². The number of alkyl halides is 3. The molecule has 27 heavy (non-hydrogen) atoms. The van der Waals surface area contributed by atoms with Gasteiger partial charge in [0.15, 0.2) is 5.96 Å². The number of amides is 1. The second kappa shape index (κ2) is 11.4. The molecule has 0 radical (unpaired) electrons.